The molecule has 1 amide bonds. The van der Waals surface area contributed by atoms with E-state index in [1.54, 1.807) is 0 Å². The second-order valence-electron chi connectivity index (χ2n) is 6.34. The summed E-state index contributed by atoms with van der Waals surface area (Å²) in [6.45, 7) is 4.22. The number of amides is 1. The van der Waals surface area contributed by atoms with Crippen LogP contribution < -0.4 is 5.32 Å². The van der Waals surface area contributed by atoms with E-state index in [0.717, 1.165) is 37.9 Å². The van der Waals surface area contributed by atoms with Crippen LogP contribution >= 0.6 is 11.8 Å². The highest BCUT2D eigenvalue weighted by Gasteiger charge is 2.43. The van der Waals surface area contributed by atoms with Gasteiger partial charge in [-0.2, -0.15) is 11.8 Å². The molecule has 0 heterocycles. The van der Waals surface area contributed by atoms with Crippen molar-refractivity contribution in [3.05, 3.63) is 0 Å². The van der Waals surface area contributed by atoms with Gasteiger partial charge in [0, 0.05) is 11.3 Å². The predicted molar refractivity (Wildman–Crippen MR) is 85.3 cm³/mol. The molecule has 2 aliphatic rings. The van der Waals surface area contributed by atoms with Crippen molar-refractivity contribution < 1.29 is 14.7 Å². The summed E-state index contributed by atoms with van der Waals surface area (Å²) in [5.41, 5.74) is 0. The second kappa shape index (κ2) is 7.52. The lowest BCUT2D eigenvalue weighted by Crippen LogP contribution is -2.43. The van der Waals surface area contributed by atoms with Crippen molar-refractivity contribution in [2.24, 2.45) is 17.8 Å². The molecule has 0 spiro atoms. The maximum atomic E-state index is 12.5. The van der Waals surface area contributed by atoms with Crippen LogP contribution in [0.1, 0.15) is 52.4 Å². The number of nitrogens with one attached hydrogen (secondary N) is 1. The molecule has 4 nitrogen and oxygen atoms in total. The molecule has 0 saturated heterocycles. The van der Waals surface area contributed by atoms with Gasteiger partial charge in [-0.15, -0.1) is 0 Å². The van der Waals surface area contributed by atoms with Crippen molar-refractivity contribution >= 4 is 23.6 Å². The summed E-state index contributed by atoms with van der Waals surface area (Å²) >= 11 is 1.91. The standard InChI is InChI=1S/C16H27NO3S/c1-3-10-8-11(12(9-10)16(19)20)15(18)17-13-6-5-7-14(13)21-4-2/h10-14H,3-9H2,1-2H3,(H,17,18)(H,19,20)/t10?,11-,12+,13?,14?/m0/s1. The Labute approximate surface area is 131 Å². The van der Waals surface area contributed by atoms with Gasteiger partial charge in [-0.1, -0.05) is 26.7 Å². The Morgan fingerprint density at radius 1 is 1.19 bits per heavy atom. The Kier molecular flexibility index (Phi) is 5.97. The number of hydrogen-bond donors (Lipinski definition) is 2. The van der Waals surface area contributed by atoms with Crippen molar-refractivity contribution in [3.8, 4) is 0 Å². The average molecular weight is 313 g/mol. The Hall–Kier alpha value is -0.710. The molecule has 0 radical (unpaired) electrons. The van der Waals surface area contributed by atoms with E-state index in [-0.39, 0.29) is 17.9 Å². The van der Waals surface area contributed by atoms with Crippen LogP contribution in [0.15, 0.2) is 0 Å². The van der Waals surface area contributed by atoms with Gasteiger partial charge >= 0.3 is 5.97 Å². The van der Waals surface area contributed by atoms with E-state index in [1.165, 1.54) is 0 Å². The monoisotopic (exact) mass is 313 g/mol. The van der Waals surface area contributed by atoms with Gasteiger partial charge in [-0.05, 0) is 37.4 Å². The molecule has 5 atom stereocenters. The topological polar surface area (TPSA) is 66.4 Å². The van der Waals surface area contributed by atoms with Crippen LogP contribution in [0.25, 0.3) is 0 Å². The predicted octanol–water partition coefficient (Wildman–Crippen LogP) is 2.91. The van der Waals surface area contributed by atoms with Crippen LogP contribution in [0.2, 0.25) is 0 Å². The molecule has 0 aromatic heterocycles. The van der Waals surface area contributed by atoms with Gasteiger partial charge in [0.2, 0.25) is 5.91 Å². The van der Waals surface area contributed by atoms with E-state index < -0.39 is 11.9 Å². The van der Waals surface area contributed by atoms with Crippen molar-refractivity contribution in [1.82, 2.24) is 5.32 Å². The minimum absolute atomic E-state index is 0.0213. The zero-order valence-electron chi connectivity index (χ0n) is 13.0. The fourth-order valence-electron chi connectivity index (χ4n) is 3.83. The van der Waals surface area contributed by atoms with Gasteiger partial charge in [0.1, 0.15) is 0 Å². The summed E-state index contributed by atoms with van der Waals surface area (Å²) in [5, 5.41) is 13.0. The van der Waals surface area contributed by atoms with E-state index >= 15 is 0 Å². The van der Waals surface area contributed by atoms with E-state index in [2.05, 4.69) is 19.2 Å². The first-order chi connectivity index (χ1) is 10.1. The molecule has 2 N–H and O–H groups in total. The molecule has 2 rings (SSSR count). The fourth-order valence-corrected chi connectivity index (χ4v) is 5.03. The summed E-state index contributed by atoms with van der Waals surface area (Å²) in [4.78, 5) is 23.9. The lowest BCUT2D eigenvalue weighted by Gasteiger charge is -2.23. The molecule has 2 saturated carbocycles. The van der Waals surface area contributed by atoms with Crippen LogP contribution in [-0.2, 0) is 9.59 Å². The summed E-state index contributed by atoms with van der Waals surface area (Å²) in [6, 6.07) is 0.234. The number of rotatable bonds is 6. The van der Waals surface area contributed by atoms with Gasteiger partial charge in [0.15, 0.2) is 0 Å². The number of carboxylic acid groups (broad SMARTS) is 1. The third-order valence-electron chi connectivity index (χ3n) is 5.05. The number of aliphatic carboxylic acids is 1. The Morgan fingerprint density at radius 2 is 1.90 bits per heavy atom. The molecule has 120 valence electrons. The number of carbonyl (C=O) groups excluding carboxylic acids is 1. The molecule has 3 unspecified atom stereocenters. The number of hydrogen-bond acceptors (Lipinski definition) is 3. The van der Waals surface area contributed by atoms with Gasteiger partial charge in [-0.3, -0.25) is 9.59 Å². The smallest absolute Gasteiger partial charge is 0.307 e. The van der Waals surface area contributed by atoms with E-state index in [4.69, 9.17) is 0 Å². The minimum Gasteiger partial charge on any atom is -0.481 e. The second-order valence-corrected chi connectivity index (χ2v) is 7.85. The van der Waals surface area contributed by atoms with Crippen molar-refractivity contribution in [2.75, 3.05) is 5.75 Å². The Morgan fingerprint density at radius 3 is 2.52 bits per heavy atom. The maximum Gasteiger partial charge on any atom is 0.307 e. The molecule has 0 aliphatic heterocycles. The quantitative estimate of drug-likeness (QED) is 0.791. The zero-order valence-corrected chi connectivity index (χ0v) is 13.8. The SMILES string of the molecule is CCSC1CCCC1NC(=O)[C@H]1CC(CC)C[C@H]1C(=O)O. The first-order valence-electron chi connectivity index (χ1n) is 8.21. The molecule has 21 heavy (non-hydrogen) atoms. The highest BCUT2D eigenvalue weighted by atomic mass is 32.2. The van der Waals surface area contributed by atoms with Crippen molar-refractivity contribution in [2.45, 2.75) is 63.7 Å². The van der Waals surface area contributed by atoms with E-state index in [9.17, 15) is 14.7 Å². The van der Waals surface area contributed by atoms with E-state index in [0.29, 0.717) is 17.6 Å². The van der Waals surface area contributed by atoms with Crippen LogP contribution in [0.5, 0.6) is 0 Å². The fraction of sp³-hybridized carbons (Fsp3) is 0.875. The van der Waals surface area contributed by atoms with Gasteiger partial charge in [-0.25, -0.2) is 0 Å². The molecule has 5 heteroatoms. The number of carbonyl (C=O) groups is 2. The average Bonchev–Trinajstić information content (AvgIpc) is 3.06. The summed E-state index contributed by atoms with van der Waals surface area (Å²) in [7, 11) is 0. The van der Waals surface area contributed by atoms with Crippen LogP contribution in [-0.4, -0.2) is 34.0 Å². The number of carboxylic acids is 1. The zero-order chi connectivity index (χ0) is 15.4. The van der Waals surface area contributed by atoms with Crippen LogP contribution in [0, 0.1) is 17.8 Å². The Bertz CT molecular complexity index is 388. The molecular weight excluding hydrogens is 286 g/mol. The Balaban J connectivity index is 1.96. The molecule has 2 fully saturated rings. The molecule has 0 aromatic rings. The van der Waals surface area contributed by atoms with Crippen LogP contribution in [0.4, 0.5) is 0 Å². The molecular formula is C16H27NO3S. The first-order valence-corrected chi connectivity index (χ1v) is 9.26. The third kappa shape index (κ3) is 3.93. The normalized spacial score (nSPS) is 35.8. The van der Waals surface area contributed by atoms with Crippen molar-refractivity contribution in [1.29, 1.82) is 0 Å². The third-order valence-corrected chi connectivity index (χ3v) is 6.38. The first kappa shape index (κ1) is 16.7. The summed E-state index contributed by atoms with van der Waals surface area (Å²) in [5.74, 6) is -0.208. The van der Waals surface area contributed by atoms with Gasteiger partial charge in [0.05, 0.1) is 11.8 Å². The highest BCUT2D eigenvalue weighted by Crippen LogP contribution is 2.39. The van der Waals surface area contributed by atoms with E-state index in [1.807, 2.05) is 11.8 Å². The lowest BCUT2D eigenvalue weighted by atomic mass is 9.95. The molecule has 2 aliphatic carbocycles. The minimum atomic E-state index is -0.808. The molecule has 0 aromatic carbocycles. The summed E-state index contributed by atoms with van der Waals surface area (Å²) < 4.78 is 0. The number of thioether (sulfide) groups is 1. The lowest BCUT2D eigenvalue weighted by molar-refractivity contribution is -0.146. The van der Waals surface area contributed by atoms with Crippen molar-refractivity contribution in [3.63, 3.8) is 0 Å². The molecule has 0 bridgehead atoms. The van der Waals surface area contributed by atoms with Gasteiger partial charge < -0.3 is 10.4 Å². The summed E-state index contributed by atoms with van der Waals surface area (Å²) in [6.07, 6.45) is 5.71. The highest BCUT2D eigenvalue weighted by molar-refractivity contribution is 7.99. The maximum absolute atomic E-state index is 12.5. The largest absolute Gasteiger partial charge is 0.481 e. The van der Waals surface area contributed by atoms with Gasteiger partial charge in [0.25, 0.3) is 0 Å². The van der Waals surface area contributed by atoms with Crippen LogP contribution in [0.3, 0.4) is 0 Å².